The molecule has 4 heteroatoms. The van der Waals surface area contributed by atoms with E-state index in [0.29, 0.717) is 5.92 Å². The summed E-state index contributed by atoms with van der Waals surface area (Å²) in [6.45, 7) is 0. The van der Waals surface area contributed by atoms with Crippen molar-refractivity contribution in [3.05, 3.63) is 168 Å². The van der Waals surface area contributed by atoms with E-state index >= 15 is 0 Å². The first-order valence-corrected chi connectivity index (χ1v) is 15.6. The van der Waals surface area contributed by atoms with Gasteiger partial charge in [-0.15, -0.1) is 0 Å². The van der Waals surface area contributed by atoms with Crippen molar-refractivity contribution in [2.45, 2.75) is 30.4 Å². The normalized spacial score (nSPS) is 11.7. The van der Waals surface area contributed by atoms with Crippen molar-refractivity contribution >= 4 is 22.5 Å². The maximum atomic E-state index is 4.72. The molecule has 0 amide bonds. The van der Waals surface area contributed by atoms with E-state index in [9.17, 15) is 0 Å². The van der Waals surface area contributed by atoms with E-state index in [1.165, 1.54) is 28.3 Å². The minimum absolute atomic E-state index is 0.188. The number of nitrogens with zero attached hydrogens (tertiary/aromatic N) is 2. The maximum Gasteiger partial charge on any atom is 0.215 e. The Balaban J connectivity index is 1.19. The van der Waals surface area contributed by atoms with Crippen LogP contribution in [0.1, 0.15) is 40.4 Å². The van der Waals surface area contributed by atoms with Crippen LogP contribution < -0.4 is 5.72 Å². The van der Waals surface area contributed by atoms with Crippen LogP contribution in [0.4, 0.5) is 0 Å². The average molecular weight is 510 g/mol. The molecule has 0 fully saturated rings. The van der Waals surface area contributed by atoms with E-state index in [1.807, 2.05) is 6.20 Å². The third-order valence-electron chi connectivity index (χ3n) is 7.09. The van der Waals surface area contributed by atoms with Crippen molar-refractivity contribution in [3.8, 4) is 0 Å². The van der Waals surface area contributed by atoms with Crippen LogP contribution in [0.15, 0.2) is 146 Å². The first kappa shape index (κ1) is 25.7. The van der Waals surface area contributed by atoms with Crippen LogP contribution in [0.2, 0.25) is 6.04 Å². The summed E-state index contributed by atoms with van der Waals surface area (Å²) in [5.74, 6) is 0.589. The second kappa shape index (κ2) is 13.6. The van der Waals surface area contributed by atoms with Gasteiger partial charge in [-0.05, 0) is 40.5 Å². The Bertz CT molecular complexity index is 1310. The van der Waals surface area contributed by atoms with Gasteiger partial charge in [0.1, 0.15) is 0 Å². The lowest BCUT2D eigenvalue weighted by molar-refractivity contribution is 0.828. The van der Waals surface area contributed by atoms with Crippen molar-refractivity contribution in [1.82, 2.24) is 9.55 Å². The van der Waals surface area contributed by atoms with Gasteiger partial charge in [0.05, 0.1) is 5.72 Å². The van der Waals surface area contributed by atoms with Gasteiger partial charge in [0.2, 0.25) is 7.28 Å². The molecule has 0 saturated heterocycles. The molecule has 0 aliphatic heterocycles. The molecule has 0 aliphatic carbocycles. The summed E-state index contributed by atoms with van der Waals surface area (Å²) >= 11 is 0. The summed E-state index contributed by atoms with van der Waals surface area (Å²) in [5, 5.41) is 0. The molecule has 187 valence electrons. The van der Waals surface area contributed by atoms with E-state index < -0.39 is 0 Å². The average Bonchev–Trinajstić information content (AvgIpc) is 3.44. The fraction of sp³-hybridized carbons (Fsp3) is 0.147. The molecule has 1 heterocycles. The molecule has 38 heavy (non-hydrogen) atoms. The molecular formula is C34H34BN2Si. The topological polar surface area (TPSA) is 17.8 Å². The van der Waals surface area contributed by atoms with E-state index in [0.717, 1.165) is 18.3 Å². The monoisotopic (exact) mass is 509 g/mol. The second-order valence-electron chi connectivity index (χ2n) is 9.67. The Morgan fingerprint density at radius 1 is 0.658 bits per heavy atom. The van der Waals surface area contributed by atoms with Crippen LogP contribution in [0.5, 0.6) is 0 Å². The number of rotatable bonds is 12. The van der Waals surface area contributed by atoms with Gasteiger partial charge >= 0.3 is 0 Å². The zero-order chi connectivity index (χ0) is 25.8. The van der Waals surface area contributed by atoms with Gasteiger partial charge in [-0.2, -0.15) is 0 Å². The summed E-state index contributed by atoms with van der Waals surface area (Å²) in [6, 6.07) is 44.4. The molecule has 4 aromatic carbocycles. The van der Waals surface area contributed by atoms with E-state index in [4.69, 9.17) is 4.98 Å². The smallest absolute Gasteiger partial charge is 0.215 e. The molecule has 1 radical (unpaired) electrons. The van der Waals surface area contributed by atoms with Crippen molar-refractivity contribution < 1.29 is 0 Å². The number of benzene rings is 4. The molecule has 0 aliphatic rings. The largest absolute Gasteiger partial charge is 0.347 e. The third-order valence-corrected chi connectivity index (χ3v) is 8.63. The quantitative estimate of drug-likeness (QED) is 0.109. The summed E-state index contributed by atoms with van der Waals surface area (Å²) in [6.07, 6.45) is 11.0. The molecular weight excluding hydrogens is 475 g/mol. The van der Waals surface area contributed by atoms with E-state index in [-0.39, 0.29) is 15.3 Å². The maximum absolute atomic E-state index is 4.72. The van der Waals surface area contributed by atoms with Gasteiger partial charge < -0.3 is 4.57 Å². The Labute approximate surface area is 230 Å². The molecule has 0 atom stereocenters. The fourth-order valence-corrected chi connectivity index (χ4v) is 6.46. The summed E-state index contributed by atoms with van der Waals surface area (Å²) in [5.41, 5.74) is 6.41. The minimum atomic E-state index is -0.293. The molecule has 0 unspecified atom stereocenters. The lowest BCUT2D eigenvalue weighted by atomic mass is 9.58. The highest BCUT2D eigenvalue weighted by Crippen LogP contribution is 2.28. The van der Waals surface area contributed by atoms with Gasteiger partial charge in [-0.3, -0.25) is 4.98 Å². The lowest BCUT2D eigenvalue weighted by Gasteiger charge is -2.18. The van der Waals surface area contributed by atoms with E-state index in [2.05, 4.69) is 152 Å². The Morgan fingerprint density at radius 3 is 1.68 bits per heavy atom. The zero-order valence-electron chi connectivity index (χ0n) is 21.8. The van der Waals surface area contributed by atoms with Crippen LogP contribution in [-0.2, 0) is 6.17 Å². The second-order valence-corrected chi connectivity index (χ2v) is 11.4. The highest BCUT2D eigenvalue weighted by molar-refractivity contribution is 6.54. The van der Waals surface area contributed by atoms with Gasteiger partial charge in [-0.1, -0.05) is 133 Å². The lowest BCUT2D eigenvalue weighted by Crippen LogP contribution is -2.32. The van der Waals surface area contributed by atoms with Crippen molar-refractivity contribution in [1.29, 1.82) is 0 Å². The van der Waals surface area contributed by atoms with Gasteiger partial charge in [0.15, 0.2) is 0 Å². The van der Waals surface area contributed by atoms with Crippen molar-refractivity contribution in [2.75, 3.05) is 0 Å². The van der Waals surface area contributed by atoms with Crippen LogP contribution in [-0.4, -0.2) is 26.4 Å². The number of hydrogen-bond donors (Lipinski definition) is 0. The molecule has 1 aromatic heterocycles. The van der Waals surface area contributed by atoms with Gasteiger partial charge in [-0.25, -0.2) is 0 Å². The van der Waals surface area contributed by atoms with E-state index in [1.54, 1.807) is 0 Å². The Kier molecular flexibility index (Phi) is 9.21. The zero-order valence-corrected chi connectivity index (χ0v) is 23.2. The van der Waals surface area contributed by atoms with Crippen LogP contribution in [0, 0.1) is 0 Å². The number of allylic oxidation sites excluding steroid dienone is 2. The Hall–Kier alpha value is -3.89. The number of imidazole rings is 1. The first-order chi connectivity index (χ1) is 18.9. The molecule has 2 nitrogen and oxygen atoms in total. The number of aromatic nitrogens is 2. The molecule has 0 saturated carbocycles. The highest BCUT2D eigenvalue weighted by atomic mass is 28.2. The SMILES string of the molecule is [B](c1nccn1C[SiH2]CC=CCC(c1ccccc1)c1ccccc1)C(c1ccccc1)c1ccccc1. The highest BCUT2D eigenvalue weighted by Gasteiger charge is 2.19. The van der Waals surface area contributed by atoms with Crippen LogP contribution in [0.3, 0.4) is 0 Å². The summed E-state index contributed by atoms with van der Waals surface area (Å²) in [4.78, 5) is 4.72. The molecule has 0 spiro atoms. The number of hydrogen-bond acceptors (Lipinski definition) is 1. The van der Waals surface area contributed by atoms with Crippen LogP contribution in [0.25, 0.3) is 0 Å². The molecule has 0 bridgehead atoms. The molecule has 5 rings (SSSR count). The minimum Gasteiger partial charge on any atom is -0.347 e. The predicted molar refractivity (Wildman–Crippen MR) is 164 cm³/mol. The van der Waals surface area contributed by atoms with Crippen LogP contribution >= 0.6 is 0 Å². The van der Waals surface area contributed by atoms with Crippen molar-refractivity contribution in [3.63, 3.8) is 0 Å². The van der Waals surface area contributed by atoms with Gasteiger partial charge in [0.25, 0.3) is 0 Å². The first-order valence-electron chi connectivity index (χ1n) is 13.6. The molecule has 0 N–H and O–H groups in total. The summed E-state index contributed by atoms with van der Waals surface area (Å²) in [7, 11) is 2.03. The summed E-state index contributed by atoms with van der Waals surface area (Å²) < 4.78 is 2.34. The Morgan fingerprint density at radius 2 is 1.16 bits per heavy atom. The third kappa shape index (κ3) is 6.90. The standard InChI is InChI=1S/C34H34BN2Si/c1-5-15-28(16-6-1)32(29-17-7-2-8-18-29)23-13-14-26-38-27-37-25-24-36-34(37)35-33(30-19-9-3-10-20-30)31-21-11-4-12-22-31/h1-22,24-25,32-33H,23,26-27,38H2. The fourth-order valence-electron chi connectivity index (χ4n) is 5.09. The molecule has 5 aromatic rings. The predicted octanol–water partition coefficient (Wildman–Crippen LogP) is 6.33. The van der Waals surface area contributed by atoms with Gasteiger partial charge in [0, 0.05) is 34.0 Å². The van der Waals surface area contributed by atoms with Crippen molar-refractivity contribution in [2.24, 2.45) is 0 Å².